The number of aromatic amines is 1. The number of ether oxygens (including phenoxy) is 1. The van der Waals surface area contributed by atoms with Crippen LogP contribution in [0.2, 0.25) is 0 Å². The summed E-state index contributed by atoms with van der Waals surface area (Å²) >= 11 is 0. The van der Waals surface area contributed by atoms with Gasteiger partial charge < -0.3 is 9.72 Å². The van der Waals surface area contributed by atoms with Gasteiger partial charge in [0.1, 0.15) is 12.4 Å². The summed E-state index contributed by atoms with van der Waals surface area (Å²) in [6, 6.07) is 14.5. The Morgan fingerprint density at radius 1 is 1.12 bits per heavy atom. The SMILES string of the molecule is O=c1cc(COc2cccnc2)[nH]c2nc(-c3ccccc3)nn12. The largest absolute Gasteiger partial charge is 0.486 e. The van der Waals surface area contributed by atoms with Crippen LogP contribution in [0.1, 0.15) is 5.69 Å². The molecular formula is C17H13N5O2. The molecule has 0 fully saturated rings. The summed E-state index contributed by atoms with van der Waals surface area (Å²) in [5.74, 6) is 1.50. The van der Waals surface area contributed by atoms with Crippen molar-refractivity contribution in [1.29, 1.82) is 0 Å². The van der Waals surface area contributed by atoms with Crippen molar-refractivity contribution in [3.05, 3.63) is 77.0 Å². The van der Waals surface area contributed by atoms with Crippen LogP contribution in [0.5, 0.6) is 5.75 Å². The topological polar surface area (TPSA) is 85.2 Å². The zero-order chi connectivity index (χ0) is 16.4. The number of pyridine rings is 1. The number of fused-ring (bicyclic) bond motifs is 1. The van der Waals surface area contributed by atoms with Crippen molar-refractivity contribution in [1.82, 2.24) is 24.6 Å². The number of H-pyrrole nitrogens is 1. The molecular weight excluding hydrogens is 306 g/mol. The lowest BCUT2D eigenvalue weighted by Crippen LogP contribution is -2.16. The monoisotopic (exact) mass is 319 g/mol. The zero-order valence-corrected chi connectivity index (χ0v) is 12.6. The molecule has 0 amide bonds. The first-order valence-electron chi connectivity index (χ1n) is 7.37. The number of nitrogens with one attached hydrogen (secondary N) is 1. The highest BCUT2D eigenvalue weighted by Gasteiger charge is 2.10. The van der Waals surface area contributed by atoms with E-state index in [1.165, 1.54) is 10.6 Å². The summed E-state index contributed by atoms with van der Waals surface area (Å²) in [6.45, 7) is 0.213. The Hall–Kier alpha value is -3.48. The molecule has 0 bridgehead atoms. The van der Waals surface area contributed by atoms with Crippen LogP contribution < -0.4 is 10.3 Å². The smallest absolute Gasteiger partial charge is 0.276 e. The fourth-order valence-corrected chi connectivity index (χ4v) is 2.32. The molecule has 24 heavy (non-hydrogen) atoms. The van der Waals surface area contributed by atoms with Gasteiger partial charge in [0.15, 0.2) is 5.82 Å². The molecule has 0 spiro atoms. The predicted octanol–water partition coefficient (Wildman–Crippen LogP) is 2.06. The number of hydrogen-bond acceptors (Lipinski definition) is 5. The summed E-state index contributed by atoms with van der Waals surface area (Å²) in [5.41, 5.74) is 1.20. The number of nitrogens with zero attached hydrogens (tertiary/aromatic N) is 4. The van der Waals surface area contributed by atoms with Crippen LogP contribution in [0.3, 0.4) is 0 Å². The highest BCUT2D eigenvalue weighted by molar-refractivity contribution is 5.56. The molecule has 7 heteroatoms. The lowest BCUT2D eigenvalue weighted by molar-refractivity contribution is 0.300. The maximum Gasteiger partial charge on any atom is 0.276 e. The summed E-state index contributed by atoms with van der Waals surface area (Å²) in [7, 11) is 0. The van der Waals surface area contributed by atoms with E-state index in [1.807, 2.05) is 30.3 Å². The van der Waals surface area contributed by atoms with Crippen LogP contribution in [-0.4, -0.2) is 24.6 Å². The molecule has 7 nitrogen and oxygen atoms in total. The molecule has 4 rings (SSSR count). The van der Waals surface area contributed by atoms with Gasteiger partial charge >= 0.3 is 0 Å². The van der Waals surface area contributed by atoms with E-state index >= 15 is 0 Å². The van der Waals surface area contributed by atoms with Crippen molar-refractivity contribution in [3.8, 4) is 17.1 Å². The van der Waals surface area contributed by atoms with Crippen molar-refractivity contribution >= 4 is 5.78 Å². The van der Waals surface area contributed by atoms with E-state index in [1.54, 1.807) is 24.5 Å². The molecule has 0 saturated carbocycles. The normalized spacial score (nSPS) is 10.8. The molecule has 1 N–H and O–H groups in total. The second-order valence-corrected chi connectivity index (χ2v) is 5.15. The van der Waals surface area contributed by atoms with Crippen molar-refractivity contribution in [3.63, 3.8) is 0 Å². The fraction of sp³-hybridized carbons (Fsp3) is 0.0588. The van der Waals surface area contributed by atoms with E-state index in [0.717, 1.165) is 5.56 Å². The first-order valence-corrected chi connectivity index (χ1v) is 7.37. The standard InChI is InChI=1S/C17H13N5O2/c23-15-9-13(11-24-14-7-4-8-18-10-14)19-17-20-16(21-22(15)17)12-5-2-1-3-6-12/h1-10H,11H2,(H,19,20,21). The highest BCUT2D eigenvalue weighted by atomic mass is 16.5. The molecule has 0 radical (unpaired) electrons. The molecule has 4 aromatic rings. The van der Waals surface area contributed by atoms with Crippen molar-refractivity contribution in [2.45, 2.75) is 6.61 Å². The Balaban J connectivity index is 1.66. The molecule has 3 heterocycles. The Labute approximate surface area is 136 Å². The second-order valence-electron chi connectivity index (χ2n) is 5.15. The van der Waals surface area contributed by atoms with Gasteiger partial charge in [-0.2, -0.15) is 9.50 Å². The van der Waals surface area contributed by atoms with Crippen LogP contribution >= 0.6 is 0 Å². The van der Waals surface area contributed by atoms with Gasteiger partial charge in [-0.1, -0.05) is 30.3 Å². The van der Waals surface area contributed by atoms with Gasteiger partial charge in [-0.3, -0.25) is 9.78 Å². The van der Waals surface area contributed by atoms with E-state index in [0.29, 0.717) is 23.0 Å². The zero-order valence-electron chi connectivity index (χ0n) is 12.6. The summed E-state index contributed by atoms with van der Waals surface area (Å²) < 4.78 is 6.84. The van der Waals surface area contributed by atoms with Crippen LogP contribution in [0.25, 0.3) is 17.2 Å². The number of hydrogen-bond donors (Lipinski definition) is 1. The quantitative estimate of drug-likeness (QED) is 0.622. The van der Waals surface area contributed by atoms with Crippen LogP contribution in [0, 0.1) is 0 Å². The van der Waals surface area contributed by atoms with Gasteiger partial charge in [-0.15, -0.1) is 5.10 Å². The first-order chi connectivity index (χ1) is 11.8. The van der Waals surface area contributed by atoms with Gasteiger partial charge in [0, 0.05) is 17.8 Å². The van der Waals surface area contributed by atoms with Crippen molar-refractivity contribution < 1.29 is 4.74 Å². The molecule has 0 aliphatic carbocycles. The lowest BCUT2D eigenvalue weighted by Gasteiger charge is -2.05. The van der Waals surface area contributed by atoms with E-state index in [-0.39, 0.29) is 12.2 Å². The summed E-state index contributed by atoms with van der Waals surface area (Å²) in [6.07, 6.45) is 3.28. The Kier molecular flexibility index (Phi) is 3.51. The third-order valence-electron chi connectivity index (χ3n) is 3.45. The van der Waals surface area contributed by atoms with E-state index in [4.69, 9.17) is 4.74 Å². The van der Waals surface area contributed by atoms with Gasteiger partial charge in [-0.05, 0) is 12.1 Å². The molecule has 3 aromatic heterocycles. The third kappa shape index (κ3) is 2.74. The molecule has 0 aliphatic heterocycles. The average Bonchev–Trinajstić information content (AvgIpc) is 3.06. The minimum absolute atomic E-state index is 0.213. The highest BCUT2D eigenvalue weighted by Crippen LogP contribution is 2.14. The van der Waals surface area contributed by atoms with Gasteiger partial charge in [0.05, 0.1) is 11.9 Å². The van der Waals surface area contributed by atoms with Crippen molar-refractivity contribution in [2.75, 3.05) is 0 Å². The third-order valence-corrected chi connectivity index (χ3v) is 3.45. The van der Waals surface area contributed by atoms with Gasteiger partial charge in [-0.25, -0.2) is 0 Å². The molecule has 0 atom stereocenters. The summed E-state index contributed by atoms with van der Waals surface area (Å²) in [5, 5.41) is 4.25. The Morgan fingerprint density at radius 2 is 2.00 bits per heavy atom. The number of benzene rings is 1. The molecule has 118 valence electrons. The minimum Gasteiger partial charge on any atom is -0.486 e. The molecule has 0 aliphatic rings. The number of aromatic nitrogens is 5. The van der Waals surface area contributed by atoms with Crippen molar-refractivity contribution in [2.24, 2.45) is 0 Å². The van der Waals surface area contributed by atoms with Crippen LogP contribution in [0.15, 0.2) is 65.7 Å². The molecule has 0 unspecified atom stereocenters. The second kappa shape index (κ2) is 5.96. The Morgan fingerprint density at radius 3 is 2.79 bits per heavy atom. The predicted molar refractivity (Wildman–Crippen MR) is 87.6 cm³/mol. The van der Waals surface area contributed by atoms with E-state index in [2.05, 4.69) is 20.1 Å². The lowest BCUT2D eigenvalue weighted by atomic mass is 10.2. The van der Waals surface area contributed by atoms with Gasteiger partial charge in [0.2, 0.25) is 5.78 Å². The summed E-state index contributed by atoms with van der Waals surface area (Å²) in [4.78, 5) is 23.7. The number of rotatable bonds is 4. The van der Waals surface area contributed by atoms with Crippen LogP contribution in [-0.2, 0) is 6.61 Å². The van der Waals surface area contributed by atoms with E-state index < -0.39 is 0 Å². The Bertz CT molecular complexity index is 1030. The average molecular weight is 319 g/mol. The van der Waals surface area contributed by atoms with E-state index in [9.17, 15) is 4.79 Å². The maximum absolute atomic E-state index is 12.2. The minimum atomic E-state index is -0.261. The van der Waals surface area contributed by atoms with Crippen LogP contribution in [0.4, 0.5) is 0 Å². The first kappa shape index (κ1) is 14.1. The molecule has 1 aromatic carbocycles. The maximum atomic E-state index is 12.2. The van der Waals surface area contributed by atoms with Gasteiger partial charge in [0.25, 0.3) is 5.56 Å². The fourth-order valence-electron chi connectivity index (χ4n) is 2.32. The molecule has 0 saturated heterocycles.